The highest BCUT2D eigenvalue weighted by Crippen LogP contribution is 2.26. The third kappa shape index (κ3) is 4.45. The molecule has 0 unspecified atom stereocenters. The van der Waals surface area contributed by atoms with E-state index in [-0.39, 0.29) is 11.9 Å². The van der Waals surface area contributed by atoms with E-state index in [4.69, 9.17) is 4.74 Å². The van der Waals surface area contributed by atoms with Crippen molar-refractivity contribution in [3.63, 3.8) is 0 Å². The molecule has 3 aromatic rings. The van der Waals surface area contributed by atoms with Crippen LogP contribution in [0.3, 0.4) is 0 Å². The standard InChI is InChI=1S/C20H22N4O3S/c1-4-19(25)23(3)16-8-6-7-14(9-16)17-13-28-18(22-17)12-24-11-15(10-21-24)20(26)27-5-2/h6-11,13H,4-5,12H2,1-3H3. The molecule has 7 nitrogen and oxygen atoms in total. The van der Waals surface area contributed by atoms with Crippen LogP contribution in [0, 0.1) is 0 Å². The highest BCUT2D eigenvalue weighted by molar-refractivity contribution is 7.09. The lowest BCUT2D eigenvalue weighted by molar-refractivity contribution is -0.118. The molecule has 0 spiro atoms. The zero-order chi connectivity index (χ0) is 20.1. The Labute approximate surface area is 167 Å². The number of esters is 1. The molecular formula is C20H22N4O3S. The molecule has 0 bridgehead atoms. The normalized spacial score (nSPS) is 10.7. The van der Waals surface area contributed by atoms with E-state index in [1.165, 1.54) is 17.5 Å². The van der Waals surface area contributed by atoms with E-state index >= 15 is 0 Å². The molecule has 0 fully saturated rings. The number of carbonyl (C=O) groups excluding carboxylic acids is 2. The van der Waals surface area contributed by atoms with E-state index in [1.807, 2.05) is 36.6 Å². The van der Waals surface area contributed by atoms with E-state index in [2.05, 4.69) is 10.1 Å². The van der Waals surface area contributed by atoms with Gasteiger partial charge in [0.1, 0.15) is 5.01 Å². The minimum Gasteiger partial charge on any atom is -0.462 e. The summed E-state index contributed by atoms with van der Waals surface area (Å²) in [5, 5.41) is 7.05. The Morgan fingerprint density at radius 3 is 2.86 bits per heavy atom. The van der Waals surface area contributed by atoms with Crippen LogP contribution in [0.25, 0.3) is 11.3 Å². The Hall–Kier alpha value is -3.00. The van der Waals surface area contributed by atoms with Crippen molar-refractivity contribution in [1.82, 2.24) is 14.8 Å². The van der Waals surface area contributed by atoms with Crippen LogP contribution in [0.5, 0.6) is 0 Å². The number of hydrogen-bond acceptors (Lipinski definition) is 6. The highest BCUT2D eigenvalue weighted by Gasteiger charge is 2.13. The van der Waals surface area contributed by atoms with E-state index < -0.39 is 0 Å². The quantitative estimate of drug-likeness (QED) is 0.568. The maximum Gasteiger partial charge on any atom is 0.341 e. The smallest absolute Gasteiger partial charge is 0.341 e. The van der Waals surface area contributed by atoms with Gasteiger partial charge in [-0.1, -0.05) is 19.1 Å². The summed E-state index contributed by atoms with van der Waals surface area (Å²) in [6.45, 7) is 4.41. The molecule has 0 radical (unpaired) electrons. The number of hydrogen-bond donors (Lipinski definition) is 0. The van der Waals surface area contributed by atoms with E-state index in [0.29, 0.717) is 25.1 Å². The molecule has 1 amide bonds. The van der Waals surface area contributed by atoms with Crippen molar-refractivity contribution in [3.8, 4) is 11.3 Å². The minimum absolute atomic E-state index is 0.0622. The molecule has 3 rings (SSSR count). The second-order valence-corrected chi connectivity index (χ2v) is 7.07. The van der Waals surface area contributed by atoms with Gasteiger partial charge in [-0.15, -0.1) is 11.3 Å². The lowest BCUT2D eigenvalue weighted by Gasteiger charge is -2.17. The summed E-state index contributed by atoms with van der Waals surface area (Å²) in [7, 11) is 1.77. The van der Waals surface area contributed by atoms with Crippen molar-refractivity contribution in [2.75, 3.05) is 18.6 Å². The van der Waals surface area contributed by atoms with Crippen molar-refractivity contribution in [3.05, 3.63) is 52.6 Å². The maximum atomic E-state index is 11.9. The van der Waals surface area contributed by atoms with Crippen LogP contribution in [0.4, 0.5) is 5.69 Å². The number of amides is 1. The summed E-state index contributed by atoms with van der Waals surface area (Å²) in [5.41, 5.74) is 3.06. The number of benzene rings is 1. The van der Waals surface area contributed by atoms with Crippen LogP contribution in [0.1, 0.15) is 35.6 Å². The molecule has 0 saturated carbocycles. The second-order valence-electron chi connectivity index (χ2n) is 6.13. The summed E-state index contributed by atoms with van der Waals surface area (Å²) < 4.78 is 6.64. The van der Waals surface area contributed by atoms with Crippen LogP contribution in [0.15, 0.2) is 42.0 Å². The summed E-state index contributed by atoms with van der Waals surface area (Å²) in [6, 6.07) is 7.76. The summed E-state index contributed by atoms with van der Waals surface area (Å²) in [6.07, 6.45) is 3.61. The molecule has 0 atom stereocenters. The van der Waals surface area contributed by atoms with Crippen LogP contribution in [0.2, 0.25) is 0 Å². The lowest BCUT2D eigenvalue weighted by atomic mass is 10.1. The van der Waals surface area contributed by atoms with Crippen molar-refractivity contribution >= 4 is 28.9 Å². The van der Waals surface area contributed by atoms with Crippen LogP contribution < -0.4 is 4.90 Å². The maximum absolute atomic E-state index is 11.9. The predicted octanol–water partition coefficient (Wildman–Crippen LogP) is 3.60. The molecule has 2 heterocycles. The van der Waals surface area contributed by atoms with Gasteiger partial charge < -0.3 is 9.64 Å². The van der Waals surface area contributed by atoms with Crippen molar-refractivity contribution in [1.29, 1.82) is 0 Å². The number of carbonyl (C=O) groups is 2. The minimum atomic E-state index is -0.379. The number of ether oxygens (including phenoxy) is 1. The van der Waals surface area contributed by atoms with Crippen molar-refractivity contribution in [2.24, 2.45) is 0 Å². The van der Waals surface area contributed by atoms with Crippen LogP contribution >= 0.6 is 11.3 Å². The van der Waals surface area contributed by atoms with Gasteiger partial charge in [-0.3, -0.25) is 9.48 Å². The predicted molar refractivity (Wildman–Crippen MR) is 109 cm³/mol. The van der Waals surface area contributed by atoms with Crippen molar-refractivity contribution in [2.45, 2.75) is 26.8 Å². The summed E-state index contributed by atoms with van der Waals surface area (Å²) >= 11 is 1.52. The Balaban J connectivity index is 1.74. The fourth-order valence-electron chi connectivity index (χ4n) is 2.68. The molecule has 0 N–H and O–H groups in total. The van der Waals surface area contributed by atoms with Gasteiger partial charge in [-0.2, -0.15) is 5.10 Å². The monoisotopic (exact) mass is 398 g/mol. The third-order valence-corrected chi connectivity index (χ3v) is 5.03. The molecule has 1 aromatic carbocycles. The number of rotatable bonds is 7. The fourth-order valence-corrected chi connectivity index (χ4v) is 3.47. The molecular weight excluding hydrogens is 376 g/mol. The van der Waals surface area contributed by atoms with Gasteiger partial charge >= 0.3 is 5.97 Å². The largest absolute Gasteiger partial charge is 0.462 e. The van der Waals surface area contributed by atoms with Gasteiger partial charge in [-0.05, 0) is 19.1 Å². The molecule has 0 saturated heterocycles. The Morgan fingerprint density at radius 2 is 2.11 bits per heavy atom. The van der Waals surface area contributed by atoms with Gasteiger partial charge in [0.25, 0.3) is 0 Å². The molecule has 28 heavy (non-hydrogen) atoms. The first kappa shape index (κ1) is 19.8. The van der Waals surface area contributed by atoms with E-state index in [1.54, 1.807) is 29.7 Å². The first-order valence-electron chi connectivity index (χ1n) is 9.02. The third-order valence-electron chi connectivity index (χ3n) is 4.20. The average molecular weight is 398 g/mol. The van der Waals surface area contributed by atoms with Gasteiger partial charge in [0.2, 0.25) is 5.91 Å². The Kier molecular flexibility index (Phi) is 6.20. The lowest BCUT2D eigenvalue weighted by Crippen LogP contribution is -2.24. The zero-order valence-corrected chi connectivity index (χ0v) is 16.9. The molecule has 0 aliphatic heterocycles. The number of aromatic nitrogens is 3. The van der Waals surface area contributed by atoms with Crippen LogP contribution in [-0.2, 0) is 16.1 Å². The van der Waals surface area contributed by atoms with Crippen LogP contribution in [-0.4, -0.2) is 40.3 Å². The molecule has 8 heteroatoms. The number of nitrogens with zero attached hydrogens (tertiary/aromatic N) is 4. The average Bonchev–Trinajstić information content (AvgIpc) is 3.37. The molecule has 146 valence electrons. The molecule has 0 aliphatic carbocycles. The Morgan fingerprint density at radius 1 is 1.29 bits per heavy atom. The molecule has 2 aromatic heterocycles. The highest BCUT2D eigenvalue weighted by atomic mass is 32.1. The molecule has 0 aliphatic rings. The topological polar surface area (TPSA) is 77.3 Å². The number of anilines is 1. The second kappa shape index (κ2) is 8.79. The first-order chi connectivity index (χ1) is 13.5. The van der Waals surface area contributed by atoms with Gasteiger partial charge in [0.05, 0.1) is 30.6 Å². The van der Waals surface area contributed by atoms with E-state index in [9.17, 15) is 9.59 Å². The van der Waals surface area contributed by atoms with Crippen molar-refractivity contribution < 1.29 is 14.3 Å². The first-order valence-corrected chi connectivity index (χ1v) is 9.90. The summed E-state index contributed by atoms with van der Waals surface area (Å²) in [5.74, 6) is -0.316. The SMILES string of the molecule is CCOC(=O)c1cnn(Cc2nc(-c3cccc(N(C)C(=O)CC)c3)cs2)c1. The van der Waals surface area contributed by atoms with Gasteiger partial charge in [-0.25, -0.2) is 9.78 Å². The zero-order valence-electron chi connectivity index (χ0n) is 16.1. The fraction of sp³-hybridized carbons (Fsp3) is 0.300. The van der Waals surface area contributed by atoms with Gasteiger partial charge in [0, 0.05) is 36.3 Å². The van der Waals surface area contributed by atoms with E-state index in [0.717, 1.165) is 22.0 Å². The Bertz CT molecular complexity index is 979. The number of thiazole rings is 1. The summed E-state index contributed by atoms with van der Waals surface area (Å²) in [4.78, 5) is 30.0. The van der Waals surface area contributed by atoms with Gasteiger partial charge in [0.15, 0.2) is 0 Å².